The molecule has 278 valence electrons. The molecule has 0 aliphatic carbocycles. The molecular weight excluding hydrogens is 600 g/mol. The Bertz CT molecular complexity index is 828. The summed E-state index contributed by atoms with van der Waals surface area (Å²) in [6.45, 7) is 6.92. The van der Waals surface area contributed by atoms with Gasteiger partial charge in [0.15, 0.2) is 0 Å². The van der Waals surface area contributed by atoms with Gasteiger partial charge in [0.2, 0.25) is 12.7 Å². The number of nitrogens with one attached hydrogen (secondary N) is 2. The summed E-state index contributed by atoms with van der Waals surface area (Å²) in [7, 11) is 0. The van der Waals surface area contributed by atoms with Gasteiger partial charge in [-0.1, -0.05) is 168 Å². The summed E-state index contributed by atoms with van der Waals surface area (Å²) in [6, 6.07) is 0. The molecule has 0 aliphatic rings. The largest absolute Gasteiger partial charge is 0.543 e. The summed E-state index contributed by atoms with van der Waals surface area (Å²) in [5.41, 5.74) is 0. The van der Waals surface area contributed by atoms with Crippen LogP contribution in [0.2, 0.25) is 0 Å². The van der Waals surface area contributed by atoms with E-state index in [0.717, 1.165) is 0 Å². The van der Waals surface area contributed by atoms with E-state index < -0.39 is 11.9 Å². The Hall–Kier alpha value is -2.64. The lowest BCUT2D eigenvalue weighted by Gasteiger charge is -2.03. The van der Waals surface area contributed by atoms with Crippen LogP contribution in [0.3, 0.4) is 0 Å². The summed E-state index contributed by atoms with van der Waals surface area (Å²) >= 11 is 0. The highest BCUT2D eigenvalue weighted by Gasteiger charge is 1.99. The molecular formula is C40H74N4O4. The number of carbonyl (C=O) groups is 2. The van der Waals surface area contributed by atoms with Crippen LogP contribution in [0.5, 0.6) is 0 Å². The fourth-order valence-corrected chi connectivity index (χ4v) is 5.90. The van der Waals surface area contributed by atoms with Crippen LogP contribution in [-0.2, 0) is 22.7 Å². The lowest BCUT2D eigenvalue weighted by atomic mass is 10.0. The third-order valence-electron chi connectivity index (χ3n) is 8.91. The van der Waals surface area contributed by atoms with Crippen LogP contribution in [-0.4, -0.2) is 21.9 Å². The van der Waals surface area contributed by atoms with E-state index in [2.05, 4.69) is 45.3 Å². The second kappa shape index (κ2) is 37.2. The van der Waals surface area contributed by atoms with Gasteiger partial charge in [0.05, 0.1) is 25.0 Å². The zero-order valence-electron chi connectivity index (χ0n) is 31.2. The van der Waals surface area contributed by atoms with Crippen molar-refractivity contribution in [2.45, 2.75) is 207 Å². The third-order valence-corrected chi connectivity index (χ3v) is 8.91. The van der Waals surface area contributed by atoms with Gasteiger partial charge in [0.25, 0.3) is 0 Å². The van der Waals surface area contributed by atoms with Gasteiger partial charge in [-0.25, -0.2) is 9.13 Å². The van der Waals surface area contributed by atoms with E-state index >= 15 is 0 Å². The molecule has 8 nitrogen and oxygen atoms in total. The van der Waals surface area contributed by atoms with Crippen molar-refractivity contribution in [3.8, 4) is 0 Å². The molecule has 0 atom stereocenters. The summed E-state index contributed by atoms with van der Waals surface area (Å²) in [6.07, 6.45) is 52.4. The third kappa shape index (κ3) is 34.7. The lowest BCUT2D eigenvalue weighted by Crippen LogP contribution is -2.42. The van der Waals surface area contributed by atoms with Gasteiger partial charge in [-0.2, -0.15) is 0 Å². The second-order valence-electron chi connectivity index (χ2n) is 13.5. The Morgan fingerprint density at radius 2 is 0.646 bits per heavy atom. The Morgan fingerprint density at radius 1 is 0.417 bits per heavy atom. The maximum Gasteiger partial charge on any atom is 0.241 e. The first-order valence-corrected chi connectivity index (χ1v) is 20.0. The normalized spacial score (nSPS) is 10.6. The lowest BCUT2D eigenvalue weighted by molar-refractivity contribution is -0.696. The quantitative estimate of drug-likeness (QED) is 0.0495. The standard InChI is InChI=1S/2C19H36N2.C2H2O4/c2*1-2-3-4-5-6-7-8-9-10-11-12-13-14-15-17-21-18-16-20-19-21;3-1(4)2(5)6/h2*16,18-19H,2-15,17H2,1H3;(H,3,4)(H,5,6). The number of imidazole rings is 2. The van der Waals surface area contributed by atoms with Gasteiger partial charge in [0, 0.05) is 0 Å². The number of H-pyrrole nitrogens is 2. The first-order valence-electron chi connectivity index (χ1n) is 20.0. The average Bonchev–Trinajstić information content (AvgIpc) is 3.81. The number of aromatic nitrogens is 4. The predicted octanol–water partition coefficient (Wildman–Crippen LogP) is 8.05. The summed E-state index contributed by atoms with van der Waals surface area (Å²) in [5, 5.41) is 17.9. The van der Waals surface area contributed by atoms with E-state index in [4.69, 9.17) is 19.8 Å². The number of aryl methyl sites for hydroxylation is 2. The molecule has 0 aliphatic heterocycles. The van der Waals surface area contributed by atoms with Gasteiger partial charge in [-0.05, 0) is 25.7 Å². The molecule has 48 heavy (non-hydrogen) atoms. The average molecular weight is 675 g/mol. The Morgan fingerprint density at radius 3 is 0.833 bits per heavy atom. The fourth-order valence-electron chi connectivity index (χ4n) is 5.90. The molecule has 0 radical (unpaired) electrons. The number of hydrogen-bond donors (Lipinski definition) is 2. The van der Waals surface area contributed by atoms with Gasteiger partial charge < -0.3 is 19.8 Å². The topological polar surface area (TPSA) is 120 Å². The monoisotopic (exact) mass is 675 g/mol. The number of carbonyl (C=O) groups excluding carboxylic acids is 2. The first kappa shape index (κ1) is 45.4. The van der Waals surface area contributed by atoms with E-state index in [0.29, 0.717) is 0 Å². The van der Waals surface area contributed by atoms with Crippen molar-refractivity contribution < 1.29 is 28.9 Å². The van der Waals surface area contributed by atoms with E-state index in [9.17, 15) is 0 Å². The summed E-state index contributed by atoms with van der Waals surface area (Å²) in [4.78, 5) is 24.0. The molecule has 0 unspecified atom stereocenters. The van der Waals surface area contributed by atoms with Crippen molar-refractivity contribution in [1.29, 1.82) is 0 Å². The van der Waals surface area contributed by atoms with Crippen LogP contribution in [0.15, 0.2) is 37.4 Å². The van der Waals surface area contributed by atoms with Gasteiger partial charge in [-0.3, -0.25) is 9.97 Å². The molecule has 2 N–H and O–H groups in total. The number of aliphatic carboxylic acids is 2. The van der Waals surface area contributed by atoms with E-state index in [1.807, 2.05) is 25.0 Å². The number of unbranched alkanes of at least 4 members (excludes halogenated alkanes) is 26. The molecule has 2 aromatic heterocycles. The number of nitrogens with zero attached hydrogens (tertiary/aromatic N) is 2. The van der Waals surface area contributed by atoms with Crippen LogP contribution in [0, 0.1) is 0 Å². The molecule has 2 aromatic rings. The molecule has 0 amide bonds. The van der Waals surface area contributed by atoms with Crippen LogP contribution in [0.1, 0.15) is 194 Å². The number of carboxylic acids is 2. The summed E-state index contributed by atoms with van der Waals surface area (Å²) in [5.74, 6) is -4.37. The van der Waals surface area contributed by atoms with Crippen molar-refractivity contribution in [3.05, 3.63) is 37.4 Å². The molecule has 0 saturated heterocycles. The van der Waals surface area contributed by atoms with Crippen molar-refractivity contribution in [1.82, 2.24) is 9.97 Å². The zero-order valence-corrected chi connectivity index (χ0v) is 31.2. The van der Waals surface area contributed by atoms with Crippen molar-refractivity contribution in [2.24, 2.45) is 0 Å². The molecule has 8 heteroatoms. The van der Waals surface area contributed by atoms with Gasteiger partial charge >= 0.3 is 0 Å². The molecule has 0 bridgehead atoms. The van der Waals surface area contributed by atoms with E-state index in [1.165, 1.54) is 193 Å². The highest BCUT2D eigenvalue weighted by atomic mass is 16.4. The van der Waals surface area contributed by atoms with E-state index in [-0.39, 0.29) is 0 Å². The number of carboxylic acid groups (broad SMARTS) is 2. The Labute approximate surface area is 294 Å². The molecule has 0 aromatic carbocycles. The number of hydrogen-bond acceptors (Lipinski definition) is 4. The number of rotatable bonds is 30. The Kier molecular flexibility index (Phi) is 35.1. The smallest absolute Gasteiger partial charge is 0.241 e. The molecule has 2 rings (SSSR count). The SMILES string of the molecule is CCCCCCCCCCCCCCCC[n+]1cc[nH]c1.CCCCCCCCCCCCCCCC[n+]1cc[nH]c1.O=C([O-])C(=O)[O-]. The second-order valence-corrected chi connectivity index (χ2v) is 13.5. The predicted molar refractivity (Wildman–Crippen MR) is 193 cm³/mol. The minimum Gasteiger partial charge on any atom is -0.543 e. The molecule has 2 heterocycles. The summed E-state index contributed by atoms with van der Waals surface area (Å²) < 4.78 is 4.47. The fraction of sp³-hybridized carbons (Fsp3) is 0.800. The Balaban J connectivity index is 0.000000787. The molecule has 0 fully saturated rings. The van der Waals surface area contributed by atoms with Gasteiger partial charge in [-0.15, -0.1) is 0 Å². The van der Waals surface area contributed by atoms with Crippen LogP contribution >= 0.6 is 0 Å². The molecule has 0 saturated carbocycles. The first-order chi connectivity index (χ1) is 23.5. The highest BCUT2D eigenvalue weighted by Crippen LogP contribution is 2.14. The highest BCUT2D eigenvalue weighted by molar-refractivity contribution is 6.25. The number of aromatic amines is 2. The minimum atomic E-state index is -2.19. The van der Waals surface area contributed by atoms with Crippen molar-refractivity contribution >= 4 is 11.9 Å². The zero-order chi connectivity index (χ0) is 35.2. The minimum absolute atomic E-state index is 1.17. The van der Waals surface area contributed by atoms with Crippen LogP contribution in [0.4, 0.5) is 0 Å². The van der Waals surface area contributed by atoms with Crippen molar-refractivity contribution in [2.75, 3.05) is 0 Å². The van der Waals surface area contributed by atoms with Crippen LogP contribution in [0.25, 0.3) is 0 Å². The maximum atomic E-state index is 8.93. The van der Waals surface area contributed by atoms with E-state index in [1.54, 1.807) is 0 Å². The van der Waals surface area contributed by atoms with Gasteiger partial charge in [0.1, 0.15) is 24.8 Å². The van der Waals surface area contributed by atoms with Crippen molar-refractivity contribution in [3.63, 3.8) is 0 Å². The maximum absolute atomic E-state index is 8.93. The molecule has 0 spiro atoms. The van der Waals surface area contributed by atoms with Crippen LogP contribution < -0.4 is 19.3 Å².